The van der Waals surface area contributed by atoms with Crippen LogP contribution < -0.4 is 19.6 Å². The molecule has 1 aliphatic rings. The van der Waals surface area contributed by atoms with Crippen LogP contribution in [0, 0.1) is 5.92 Å². The van der Waals surface area contributed by atoms with Crippen LogP contribution in [0.15, 0.2) is 42.5 Å². The van der Waals surface area contributed by atoms with Gasteiger partial charge in [0, 0.05) is 17.5 Å². The number of amides is 2. The maximum atomic E-state index is 12.5. The van der Waals surface area contributed by atoms with Crippen LogP contribution in [-0.4, -0.2) is 63.1 Å². The van der Waals surface area contributed by atoms with E-state index in [1.807, 2.05) is 0 Å². The van der Waals surface area contributed by atoms with Crippen molar-refractivity contribution in [2.24, 2.45) is 5.92 Å². The Labute approximate surface area is 190 Å². The van der Waals surface area contributed by atoms with Crippen LogP contribution in [0.2, 0.25) is 0 Å². The summed E-state index contributed by atoms with van der Waals surface area (Å²) >= 11 is 0. The average molecular weight is 456 g/mol. The number of carbonyl (C=O) groups excluding carboxylic acids is 4. The van der Waals surface area contributed by atoms with Crippen LogP contribution in [0.25, 0.3) is 0 Å². The third-order valence-corrected chi connectivity index (χ3v) is 5.10. The number of nitrogens with one attached hydrogen (secondary N) is 1. The summed E-state index contributed by atoms with van der Waals surface area (Å²) < 4.78 is 20.5. The van der Waals surface area contributed by atoms with Crippen LogP contribution in [0.5, 0.6) is 17.2 Å². The number of carbonyl (C=O) groups is 4. The molecule has 3 rings (SSSR count). The zero-order chi connectivity index (χ0) is 24.0. The monoisotopic (exact) mass is 456 g/mol. The van der Waals surface area contributed by atoms with Gasteiger partial charge >= 0.3 is 5.97 Å². The van der Waals surface area contributed by atoms with Gasteiger partial charge in [-0.05, 0) is 42.5 Å². The molecule has 1 fully saturated rings. The smallest absolute Gasteiger partial charge is 0.311 e. The van der Waals surface area contributed by atoms with Gasteiger partial charge in [0.1, 0.15) is 5.75 Å². The molecule has 0 spiro atoms. The molecule has 2 aromatic rings. The molecule has 1 aliphatic heterocycles. The van der Waals surface area contributed by atoms with E-state index in [0.29, 0.717) is 22.8 Å². The lowest BCUT2D eigenvalue weighted by atomic mass is 10.1. The normalized spacial score (nSPS) is 15.1. The van der Waals surface area contributed by atoms with E-state index in [0.717, 1.165) is 5.01 Å². The molecule has 1 atom stereocenters. The quantitative estimate of drug-likeness (QED) is 0.447. The molecule has 0 unspecified atom stereocenters. The van der Waals surface area contributed by atoms with Crippen LogP contribution in [-0.2, 0) is 14.3 Å². The molecule has 33 heavy (non-hydrogen) atoms. The Balaban J connectivity index is 1.54. The van der Waals surface area contributed by atoms with Gasteiger partial charge in [0.25, 0.3) is 5.91 Å². The van der Waals surface area contributed by atoms with Crippen molar-refractivity contribution < 1.29 is 38.1 Å². The summed E-state index contributed by atoms with van der Waals surface area (Å²) in [5, 5.41) is 1.07. The number of Topliss-reactive ketones (excluding diaryl/α,β-unsaturated/α-hetero) is 1. The molecular formula is C23H24N2O8. The first-order valence-electron chi connectivity index (χ1n) is 10.0. The summed E-state index contributed by atoms with van der Waals surface area (Å²) in [5.74, 6) is -1.43. The topological polar surface area (TPSA) is 120 Å². The Kier molecular flexibility index (Phi) is 7.50. The SMILES string of the molecule is COc1ccc(C(=O)COC(=O)[C@H]2CC(=O)N(NC(=O)c3ccc(OC)c(OC)c3)C2)cc1. The molecule has 0 aromatic heterocycles. The molecule has 10 heteroatoms. The van der Waals surface area contributed by atoms with Gasteiger partial charge in [-0.25, -0.2) is 0 Å². The lowest BCUT2D eigenvalue weighted by Crippen LogP contribution is -2.43. The predicted octanol–water partition coefficient (Wildman–Crippen LogP) is 1.63. The number of methoxy groups -OCH3 is 3. The van der Waals surface area contributed by atoms with Crippen LogP contribution in [0.4, 0.5) is 0 Å². The molecule has 1 saturated heterocycles. The van der Waals surface area contributed by atoms with E-state index in [4.69, 9.17) is 18.9 Å². The van der Waals surface area contributed by atoms with Crippen molar-refractivity contribution in [1.29, 1.82) is 0 Å². The molecule has 0 radical (unpaired) electrons. The molecule has 0 aliphatic carbocycles. The first kappa shape index (κ1) is 23.6. The number of rotatable bonds is 9. The van der Waals surface area contributed by atoms with Crippen LogP contribution >= 0.6 is 0 Å². The van der Waals surface area contributed by atoms with Crippen molar-refractivity contribution in [3.8, 4) is 17.2 Å². The van der Waals surface area contributed by atoms with E-state index in [2.05, 4.69) is 5.43 Å². The first-order valence-corrected chi connectivity index (χ1v) is 10.0. The lowest BCUT2D eigenvalue weighted by Gasteiger charge is -2.18. The number of benzene rings is 2. The molecule has 1 N–H and O–H groups in total. The number of hydrazine groups is 1. The van der Waals surface area contributed by atoms with Crippen molar-refractivity contribution in [3.05, 3.63) is 53.6 Å². The minimum absolute atomic E-state index is 0.0621. The van der Waals surface area contributed by atoms with E-state index in [1.165, 1.54) is 33.5 Å². The van der Waals surface area contributed by atoms with Gasteiger partial charge in [0.2, 0.25) is 5.91 Å². The van der Waals surface area contributed by atoms with Crippen molar-refractivity contribution in [1.82, 2.24) is 10.4 Å². The summed E-state index contributed by atoms with van der Waals surface area (Å²) in [6, 6.07) is 11.0. The van der Waals surface area contributed by atoms with E-state index < -0.39 is 30.3 Å². The minimum atomic E-state index is -0.799. The number of ether oxygens (including phenoxy) is 4. The van der Waals surface area contributed by atoms with Crippen molar-refractivity contribution in [2.75, 3.05) is 34.5 Å². The lowest BCUT2D eigenvalue weighted by molar-refractivity contribution is -0.147. The summed E-state index contributed by atoms with van der Waals surface area (Å²) in [6.07, 6.45) is -0.137. The Hall–Kier alpha value is -4.08. The number of hydrogen-bond donors (Lipinski definition) is 1. The maximum Gasteiger partial charge on any atom is 0.311 e. The van der Waals surface area contributed by atoms with Gasteiger partial charge in [0.05, 0.1) is 33.8 Å². The first-order chi connectivity index (χ1) is 15.9. The predicted molar refractivity (Wildman–Crippen MR) is 115 cm³/mol. The molecule has 0 saturated carbocycles. The Bertz CT molecular complexity index is 1050. The van der Waals surface area contributed by atoms with Gasteiger partial charge in [-0.1, -0.05) is 0 Å². The zero-order valence-corrected chi connectivity index (χ0v) is 18.5. The molecule has 0 bridgehead atoms. The standard InChI is InChI=1S/C23H24N2O8/c1-30-17-7-4-14(5-8-17)18(26)13-33-23(29)16-11-21(27)25(12-16)24-22(28)15-6-9-19(31-2)20(10-15)32-3/h4-10,16H,11-13H2,1-3H3,(H,24,28)/t16-/m0/s1. The fourth-order valence-electron chi connectivity index (χ4n) is 3.25. The largest absolute Gasteiger partial charge is 0.497 e. The van der Waals surface area contributed by atoms with Crippen LogP contribution in [0.1, 0.15) is 27.1 Å². The summed E-state index contributed by atoms with van der Waals surface area (Å²) in [7, 11) is 4.44. The minimum Gasteiger partial charge on any atom is -0.497 e. The molecule has 10 nitrogen and oxygen atoms in total. The van der Waals surface area contributed by atoms with Gasteiger partial charge in [0.15, 0.2) is 23.9 Å². The highest BCUT2D eigenvalue weighted by molar-refractivity contribution is 5.99. The van der Waals surface area contributed by atoms with Crippen LogP contribution in [0.3, 0.4) is 0 Å². The van der Waals surface area contributed by atoms with Crippen molar-refractivity contribution >= 4 is 23.6 Å². The van der Waals surface area contributed by atoms with E-state index in [-0.39, 0.29) is 24.3 Å². The molecule has 2 aromatic carbocycles. The molecule has 1 heterocycles. The average Bonchev–Trinajstić information content (AvgIpc) is 3.21. The second-order valence-corrected chi connectivity index (χ2v) is 7.18. The van der Waals surface area contributed by atoms with E-state index >= 15 is 0 Å². The van der Waals surface area contributed by atoms with E-state index in [9.17, 15) is 19.2 Å². The molecule has 2 amide bonds. The summed E-state index contributed by atoms with van der Waals surface area (Å²) in [6.45, 7) is -0.513. The molecule has 174 valence electrons. The second kappa shape index (κ2) is 10.5. The van der Waals surface area contributed by atoms with Crippen molar-refractivity contribution in [2.45, 2.75) is 6.42 Å². The number of nitrogens with zero attached hydrogens (tertiary/aromatic N) is 1. The Morgan fingerprint density at radius 3 is 2.24 bits per heavy atom. The highest BCUT2D eigenvalue weighted by Gasteiger charge is 2.36. The van der Waals surface area contributed by atoms with Gasteiger partial charge in [-0.3, -0.25) is 29.6 Å². The fourth-order valence-corrected chi connectivity index (χ4v) is 3.25. The Morgan fingerprint density at radius 1 is 0.939 bits per heavy atom. The van der Waals surface area contributed by atoms with Crippen molar-refractivity contribution in [3.63, 3.8) is 0 Å². The highest BCUT2D eigenvalue weighted by Crippen LogP contribution is 2.27. The molecular weight excluding hydrogens is 432 g/mol. The zero-order valence-electron chi connectivity index (χ0n) is 18.5. The third kappa shape index (κ3) is 5.59. The van der Waals surface area contributed by atoms with Gasteiger partial charge in [-0.15, -0.1) is 0 Å². The fraction of sp³-hybridized carbons (Fsp3) is 0.304. The summed E-state index contributed by atoms with van der Waals surface area (Å²) in [5.41, 5.74) is 3.10. The third-order valence-electron chi connectivity index (χ3n) is 5.10. The second-order valence-electron chi connectivity index (χ2n) is 7.18. The number of hydrogen-bond acceptors (Lipinski definition) is 8. The number of esters is 1. The summed E-state index contributed by atoms with van der Waals surface area (Å²) in [4.78, 5) is 49.4. The van der Waals surface area contributed by atoms with E-state index in [1.54, 1.807) is 30.3 Å². The Morgan fingerprint density at radius 2 is 1.61 bits per heavy atom. The maximum absolute atomic E-state index is 12.5. The highest BCUT2D eigenvalue weighted by atomic mass is 16.5. The van der Waals surface area contributed by atoms with Gasteiger partial charge < -0.3 is 18.9 Å². The van der Waals surface area contributed by atoms with Gasteiger partial charge in [-0.2, -0.15) is 0 Å². The number of ketones is 1.